The Labute approximate surface area is 113 Å². The maximum Gasteiger partial charge on any atom is 0.410 e. The molecule has 0 rings (SSSR count). The average Bonchev–Trinajstić information content (AvgIpc) is 2.20. The molecule has 0 saturated carbocycles. The van der Waals surface area contributed by atoms with Crippen molar-refractivity contribution in [2.45, 2.75) is 78.3 Å². The van der Waals surface area contributed by atoms with Gasteiger partial charge in [-0.2, -0.15) is 14.7 Å². The lowest BCUT2D eigenvalue weighted by atomic mass is 9.80. The molecule has 110 valence electrons. The third-order valence-corrected chi connectivity index (χ3v) is 6.61. The van der Waals surface area contributed by atoms with Gasteiger partial charge in [-0.15, -0.1) is 0 Å². The maximum absolute atomic E-state index is 9.89. The van der Waals surface area contributed by atoms with E-state index in [2.05, 4.69) is 6.92 Å². The average molecular weight is 279 g/mol. The molecule has 0 aliphatic heterocycles. The lowest BCUT2D eigenvalue weighted by molar-refractivity contribution is 0.195. The van der Waals surface area contributed by atoms with Crippen LogP contribution in [0.3, 0.4) is 0 Å². The molecule has 18 heavy (non-hydrogen) atoms. The number of unbranched alkanes of at least 4 members (excludes halogenated alkanes) is 4. The lowest BCUT2D eigenvalue weighted by Gasteiger charge is -2.39. The molecule has 0 aromatic heterocycles. The summed E-state index contributed by atoms with van der Waals surface area (Å²) in [4.78, 5) is 29.7. The topological polar surface area (TPSA) is 60.7 Å². The molecule has 3 N–H and O–H groups in total. The van der Waals surface area contributed by atoms with Crippen LogP contribution in [0.1, 0.15) is 73.1 Å². The molecule has 4 heteroatoms. The highest BCUT2D eigenvalue weighted by Crippen LogP contribution is 2.66. The van der Waals surface area contributed by atoms with E-state index < -0.39 is 13.1 Å². The van der Waals surface area contributed by atoms with Crippen molar-refractivity contribution in [3.8, 4) is 0 Å². The Morgan fingerprint density at radius 1 is 0.833 bits per heavy atom. The Morgan fingerprint density at radius 3 is 1.61 bits per heavy atom. The predicted molar refractivity (Wildman–Crippen MR) is 79.4 cm³/mol. The molecule has 0 saturated heterocycles. The SMILES string of the molecule is CCCCCCCC(C(C)C)(C(C)C)[P+](O)(O)O. The van der Waals surface area contributed by atoms with Crippen LogP contribution in [-0.4, -0.2) is 19.8 Å². The van der Waals surface area contributed by atoms with E-state index >= 15 is 0 Å². The summed E-state index contributed by atoms with van der Waals surface area (Å²) < 4.78 is 0. The van der Waals surface area contributed by atoms with Gasteiger partial charge in [0.1, 0.15) is 0 Å². The van der Waals surface area contributed by atoms with E-state index in [0.717, 1.165) is 12.8 Å². The summed E-state index contributed by atoms with van der Waals surface area (Å²) in [6.07, 6.45) is 6.39. The number of hydrogen-bond donors (Lipinski definition) is 3. The fourth-order valence-corrected chi connectivity index (χ4v) is 4.94. The van der Waals surface area contributed by atoms with Crippen LogP contribution in [0.25, 0.3) is 0 Å². The minimum atomic E-state index is -3.82. The van der Waals surface area contributed by atoms with Gasteiger partial charge in [0.25, 0.3) is 0 Å². The summed E-state index contributed by atoms with van der Waals surface area (Å²) in [7, 11) is -3.82. The molecule has 0 fully saturated rings. The Balaban J connectivity index is 4.67. The van der Waals surface area contributed by atoms with Gasteiger partial charge in [-0.05, 0) is 12.8 Å². The van der Waals surface area contributed by atoms with E-state index in [0.29, 0.717) is 6.42 Å². The van der Waals surface area contributed by atoms with E-state index in [9.17, 15) is 14.7 Å². The summed E-state index contributed by atoms with van der Waals surface area (Å²) in [6, 6.07) is 0. The second-order valence-electron chi connectivity index (χ2n) is 6.03. The van der Waals surface area contributed by atoms with Crippen LogP contribution in [0.4, 0.5) is 0 Å². The fourth-order valence-electron chi connectivity index (χ4n) is 3.10. The normalized spacial score (nSPS) is 13.7. The molecule has 0 aromatic carbocycles. The van der Waals surface area contributed by atoms with Gasteiger partial charge >= 0.3 is 7.94 Å². The summed E-state index contributed by atoms with van der Waals surface area (Å²) in [5.41, 5.74) is 0. The first-order valence-electron chi connectivity index (χ1n) is 7.27. The summed E-state index contributed by atoms with van der Waals surface area (Å²) in [5, 5.41) is -0.737. The molecule has 0 bridgehead atoms. The fraction of sp³-hybridized carbons (Fsp3) is 1.00. The molecule has 0 heterocycles. The van der Waals surface area contributed by atoms with Crippen LogP contribution in [0, 0.1) is 11.8 Å². The minimum absolute atomic E-state index is 0.0667. The highest BCUT2D eigenvalue weighted by Gasteiger charge is 2.61. The second kappa shape index (κ2) is 7.79. The Bertz CT molecular complexity index is 214. The van der Waals surface area contributed by atoms with E-state index in [4.69, 9.17) is 0 Å². The summed E-state index contributed by atoms with van der Waals surface area (Å²) in [6.45, 7) is 10.1. The Morgan fingerprint density at radius 2 is 1.28 bits per heavy atom. The van der Waals surface area contributed by atoms with Gasteiger partial charge in [0.15, 0.2) is 5.16 Å². The molecule has 0 unspecified atom stereocenters. The third kappa shape index (κ3) is 4.45. The zero-order chi connectivity index (χ0) is 14.4. The molecule has 0 atom stereocenters. The predicted octanol–water partition coefficient (Wildman–Crippen LogP) is 4.14. The monoisotopic (exact) mass is 279 g/mol. The maximum atomic E-state index is 9.89. The van der Waals surface area contributed by atoms with Gasteiger partial charge in [0, 0.05) is 11.8 Å². The standard InChI is InChI=1S/C14H32O3P/c1-6-7-8-9-10-11-14(12(2)3,13(4)5)18(15,16)17/h12-13,15-17H,6-11H2,1-5H3/q+1. The van der Waals surface area contributed by atoms with Crippen molar-refractivity contribution in [1.29, 1.82) is 0 Å². The van der Waals surface area contributed by atoms with Crippen LogP contribution in [0.5, 0.6) is 0 Å². The first kappa shape index (κ1) is 18.3. The Hall–Kier alpha value is 0.310. The molecule has 0 amide bonds. The number of hydrogen-bond acceptors (Lipinski definition) is 3. The zero-order valence-electron chi connectivity index (χ0n) is 12.7. The highest BCUT2D eigenvalue weighted by molar-refractivity contribution is 7.60. The van der Waals surface area contributed by atoms with E-state index in [1.165, 1.54) is 19.3 Å². The van der Waals surface area contributed by atoms with Gasteiger partial charge in [-0.25, -0.2) is 0 Å². The van der Waals surface area contributed by atoms with Crippen LogP contribution < -0.4 is 0 Å². The molecule has 0 radical (unpaired) electrons. The van der Waals surface area contributed by atoms with Gasteiger partial charge < -0.3 is 0 Å². The van der Waals surface area contributed by atoms with Gasteiger partial charge in [-0.3, -0.25) is 0 Å². The molecular weight excluding hydrogens is 247 g/mol. The van der Waals surface area contributed by atoms with E-state index in [1.54, 1.807) is 0 Å². The van der Waals surface area contributed by atoms with Crippen molar-refractivity contribution < 1.29 is 14.7 Å². The molecule has 0 aromatic rings. The minimum Gasteiger partial charge on any atom is -0.192 e. The second-order valence-corrected chi connectivity index (χ2v) is 8.00. The van der Waals surface area contributed by atoms with E-state index in [1.807, 2.05) is 27.7 Å². The van der Waals surface area contributed by atoms with Crippen LogP contribution in [-0.2, 0) is 0 Å². The van der Waals surface area contributed by atoms with Gasteiger partial charge in [0.2, 0.25) is 0 Å². The van der Waals surface area contributed by atoms with Crippen molar-refractivity contribution in [1.82, 2.24) is 0 Å². The Kier molecular flexibility index (Phi) is 7.93. The lowest BCUT2D eigenvalue weighted by Crippen LogP contribution is -2.43. The van der Waals surface area contributed by atoms with Gasteiger partial charge in [0.05, 0.1) is 0 Å². The summed E-state index contributed by atoms with van der Waals surface area (Å²) in [5.74, 6) is 0.133. The van der Waals surface area contributed by atoms with E-state index in [-0.39, 0.29) is 11.8 Å². The van der Waals surface area contributed by atoms with Gasteiger partial charge in [-0.1, -0.05) is 60.3 Å². The highest BCUT2D eigenvalue weighted by atomic mass is 31.2. The van der Waals surface area contributed by atoms with Crippen molar-refractivity contribution in [2.75, 3.05) is 0 Å². The molecule has 0 aliphatic carbocycles. The van der Waals surface area contributed by atoms with Crippen molar-refractivity contribution in [3.05, 3.63) is 0 Å². The first-order chi connectivity index (χ1) is 8.20. The van der Waals surface area contributed by atoms with Crippen LogP contribution in [0.15, 0.2) is 0 Å². The van der Waals surface area contributed by atoms with Crippen molar-refractivity contribution in [3.63, 3.8) is 0 Å². The first-order valence-corrected chi connectivity index (χ1v) is 8.92. The smallest absolute Gasteiger partial charge is 0.192 e. The van der Waals surface area contributed by atoms with Crippen molar-refractivity contribution in [2.24, 2.45) is 11.8 Å². The zero-order valence-corrected chi connectivity index (χ0v) is 13.6. The van der Waals surface area contributed by atoms with Crippen LogP contribution in [0.2, 0.25) is 0 Å². The van der Waals surface area contributed by atoms with Crippen LogP contribution >= 0.6 is 7.94 Å². The molecule has 0 spiro atoms. The molecule has 3 nitrogen and oxygen atoms in total. The largest absolute Gasteiger partial charge is 0.410 e. The third-order valence-electron chi connectivity index (χ3n) is 4.24. The number of rotatable bonds is 9. The van der Waals surface area contributed by atoms with Crippen molar-refractivity contribution >= 4 is 7.94 Å². The summed E-state index contributed by atoms with van der Waals surface area (Å²) >= 11 is 0. The molecular formula is C14H32O3P+. The quantitative estimate of drug-likeness (QED) is 0.439. The molecule has 0 aliphatic rings.